The Bertz CT molecular complexity index is 428. The molecule has 18 heavy (non-hydrogen) atoms. The molecular formula is C13H15NO4. The number of aryl methyl sites for hydroxylation is 1. The average Bonchev–Trinajstić information content (AvgIpc) is 2.35. The van der Waals surface area contributed by atoms with Crippen molar-refractivity contribution in [2.45, 2.75) is 26.2 Å². The summed E-state index contributed by atoms with van der Waals surface area (Å²) in [5.74, 6) is -1.45. The van der Waals surface area contributed by atoms with E-state index in [4.69, 9.17) is 0 Å². The first kappa shape index (κ1) is 13.9. The summed E-state index contributed by atoms with van der Waals surface area (Å²) in [6.45, 7) is 1.21. The van der Waals surface area contributed by atoms with Crippen LogP contribution in [-0.4, -0.2) is 17.7 Å². The molecule has 0 spiro atoms. The van der Waals surface area contributed by atoms with Crippen LogP contribution in [0.1, 0.15) is 25.3 Å². The maximum absolute atomic E-state index is 11.5. The molecule has 1 N–H and O–H groups in total. The van der Waals surface area contributed by atoms with Crippen molar-refractivity contribution in [3.8, 4) is 0 Å². The van der Waals surface area contributed by atoms with E-state index in [1.165, 1.54) is 6.92 Å². The Hall–Kier alpha value is -2.17. The Morgan fingerprint density at radius 1 is 1.17 bits per heavy atom. The van der Waals surface area contributed by atoms with Crippen LogP contribution in [0.4, 0.5) is 0 Å². The molecule has 96 valence electrons. The molecule has 0 bridgehead atoms. The zero-order chi connectivity index (χ0) is 13.4. The van der Waals surface area contributed by atoms with Gasteiger partial charge in [0.2, 0.25) is 5.91 Å². The molecule has 1 aromatic carbocycles. The lowest BCUT2D eigenvalue weighted by Crippen LogP contribution is -2.25. The van der Waals surface area contributed by atoms with Crippen LogP contribution in [0.25, 0.3) is 0 Å². The SMILES string of the molecule is CC(=O)NOC(=O)CC(=O)CCc1ccccc1. The lowest BCUT2D eigenvalue weighted by Gasteiger charge is -2.03. The maximum Gasteiger partial charge on any atom is 0.339 e. The van der Waals surface area contributed by atoms with Gasteiger partial charge in [0.05, 0.1) is 0 Å². The van der Waals surface area contributed by atoms with Gasteiger partial charge in [-0.2, -0.15) is 5.48 Å². The number of hydrogen-bond donors (Lipinski definition) is 1. The van der Waals surface area contributed by atoms with Gasteiger partial charge in [0.15, 0.2) is 0 Å². The fraction of sp³-hybridized carbons (Fsp3) is 0.308. The van der Waals surface area contributed by atoms with Crippen molar-refractivity contribution in [3.63, 3.8) is 0 Å². The van der Waals surface area contributed by atoms with Gasteiger partial charge >= 0.3 is 5.97 Å². The quantitative estimate of drug-likeness (QED) is 0.628. The minimum atomic E-state index is -0.747. The highest BCUT2D eigenvalue weighted by Gasteiger charge is 2.11. The van der Waals surface area contributed by atoms with Crippen LogP contribution < -0.4 is 5.48 Å². The lowest BCUT2D eigenvalue weighted by atomic mass is 10.1. The lowest BCUT2D eigenvalue weighted by molar-refractivity contribution is -0.158. The number of Topliss-reactive ketones (excluding diaryl/α,β-unsaturated/α-hetero) is 1. The van der Waals surface area contributed by atoms with Crippen molar-refractivity contribution >= 4 is 17.7 Å². The van der Waals surface area contributed by atoms with E-state index in [9.17, 15) is 14.4 Å². The van der Waals surface area contributed by atoms with Crippen LogP contribution in [0, 0.1) is 0 Å². The molecule has 0 aliphatic carbocycles. The number of ketones is 1. The first-order valence-corrected chi connectivity index (χ1v) is 5.60. The standard InChI is InChI=1S/C13H15NO4/c1-10(15)14-18-13(17)9-12(16)8-7-11-5-3-2-4-6-11/h2-6H,7-9H2,1H3,(H,14,15). The van der Waals surface area contributed by atoms with Crippen LogP contribution in [0.5, 0.6) is 0 Å². The molecule has 0 aromatic heterocycles. The van der Waals surface area contributed by atoms with Crippen molar-refractivity contribution in [2.75, 3.05) is 0 Å². The van der Waals surface area contributed by atoms with E-state index in [1.807, 2.05) is 35.8 Å². The summed E-state index contributed by atoms with van der Waals surface area (Å²) in [7, 11) is 0. The molecule has 0 saturated carbocycles. The van der Waals surface area contributed by atoms with Crippen molar-refractivity contribution < 1.29 is 19.2 Å². The molecular weight excluding hydrogens is 234 g/mol. The van der Waals surface area contributed by atoms with Gasteiger partial charge in [-0.15, -0.1) is 0 Å². The minimum Gasteiger partial charge on any atom is -0.340 e. The molecule has 5 heteroatoms. The minimum absolute atomic E-state index is 0.214. The van der Waals surface area contributed by atoms with E-state index < -0.39 is 11.9 Å². The topological polar surface area (TPSA) is 72.5 Å². The van der Waals surface area contributed by atoms with Gasteiger partial charge in [0.25, 0.3) is 0 Å². The van der Waals surface area contributed by atoms with E-state index in [2.05, 4.69) is 4.84 Å². The second-order valence-corrected chi connectivity index (χ2v) is 3.83. The van der Waals surface area contributed by atoms with E-state index in [0.717, 1.165) is 5.56 Å². The Morgan fingerprint density at radius 2 is 1.83 bits per heavy atom. The van der Waals surface area contributed by atoms with Gasteiger partial charge in [-0.05, 0) is 12.0 Å². The molecule has 1 rings (SSSR count). The highest BCUT2D eigenvalue weighted by Crippen LogP contribution is 2.04. The maximum atomic E-state index is 11.5. The zero-order valence-electron chi connectivity index (χ0n) is 10.1. The molecule has 1 amide bonds. The van der Waals surface area contributed by atoms with Crippen LogP contribution in [-0.2, 0) is 25.6 Å². The summed E-state index contributed by atoms with van der Waals surface area (Å²) in [5.41, 5.74) is 2.93. The smallest absolute Gasteiger partial charge is 0.339 e. The molecule has 1 aromatic rings. The number of carbonyl (C=O) groups excluding carboxylic acids is 3. The summed E-state index contributed by atoms with van der Waals surface area (Å²) in [6.07, 6.45) is 0.541. The molecule has 0 saturated heterocycles. The molecule has 0 aliphatic rings. The van der Waals surface area contributed by atoms with Gasteiger partial charge in [-0.1, -0.05) is 30.3 Å². The molecule has 0 heterocycles. The van der Waals surface area contributed by atoms with Crippen LogP contribution in [0.15, 0.2) is 30.3 Å². The van der Waals surface area contributed by atoms with E-state index in [1.54, 1.807) is 0 Å². The first-order chi connectivity index (χ1) is 8.58. The molecule has 0 atom stereocenters. The predicted molar refractivity (Wildman–Crippen MR) is 64.3 cm³/mol. The highest BCUT2D eigenvalue weighted by atomic mass is 16.7. The second-order valence-electron chi connectivity index (χ2n) is 3.83. The summed E-state index contributed by atoms with van der Waals surface area (Å²) in [6, 6.07) is 9.53. The predicted octanol–water partition coefficient (Wildman–Crippen LogP) is 1.17. The van der Waals surface area contributed by atoms with Crippen molar-refractivity contribution in [2.24, 2.45) is 0 Å². The van der Waals surface area contributed by atoms with E-state index in [-0.39, 0.29) is 18.6 Å². The van der Waals surface area contributed by atoms with Gasteiger partial charge in [-0.25, -0.2) is 4.79 Å². The third-order valence-electron chi connectivity index (χ3n) is 2.19. The van der Waals surface area contributed by atoms with Crippen LogP contribution in [0.3, 0.4) is 0 Å². The van der Waals surface area contributed by atoms with Crippen LogP contribution >= 0.6 is 0 Å². The zero-order valence-corrected chi connectivity index (χ0v) is 10.1. The van der Waals surface area contributed by atoms with Gasteiger partial charge < -0.3 is 4.84 Å². The largest absolute Gasteiger partial charge is 0.340 e. The molecule has 0 fully saturated rings. The first-order valence-electron chi connectivity index (χ1n) is 5.60. The third kappa shape index (κ3) is 5.79. The van der Waals surface area contributed by atoms with E-state index in [0.29, 0.717) is 6.42 Å². The number of hydrogen-bond acceptors (Lipinski definition) is 4. The fourth-order valence-corrected chi connectivity index (χ4v) is 1.34. The molecule has 0 aliphatic heterocycles. The number of hydroxylamine groups is 1. The summed E-state index contributed by atoms with van der Waals surface area (Å²) in [4.78, 5) is 37.4. The Labute approximate surface area is 105 Å². The number of carbonyl (C=O) groups is 3. The Morgan fingerprint density at radius 3 is 2.44 bits per heavy atom. The summed E-state index contributed by atoms with van der Waals surface area (Å²) >= 11 is 0. The summed E-state index contributed by atoms with van der Waals surface area (Å²) in [5, 5.41) is 0. The number of amides is 1. The highest BCUT2D eigenvalue weighted by molar-refractivity contribution is 5.95. The summed E-state index contributed by atoms with van der Waals surface area (Å²) < 4.78 is 0. The molecule has 0 radical (unpaired) electrons. The van der Waals surface area contributed by atoms with Gasteiger partial charge in [0, 0.05) is 13.3 Å². The average molecular weight is 249 g/mol. The van der Waals surface area contributed by atoms with E-state index >= 15 is 0 Å². The van der Waals surface area contributed by atoms with Crippen molar-refractivity contribution in [1.82, 2.24) is 5.48 Å². The van der Waals surface area contributed by atoms with Crippen molar-refractivity contribution in [1.29, 1.82) is 0 Å². The Balaban J connectivity index is 2.25. The number of nitrogens with one attached hydrogen (secondary N) is 1. The number of rotatable bonds is 5. The van der Waals surface area contributed by atoms with Crippen LogP contribution in [0.2, 0.25) is 0 Å². The van der Waals surface area contributed by atoms with Gasteiger partial charge in [0.1, 0.15) is 12.2 Å². The second kappa shape index (κ2) is 7.21. The van der Waals surface area contributed by atoms with Crippen molar-refractivity contribution in [3.05, 3.63) is 35.9 Å². The Kier molecular flexibility index (Phi) is 5.57. The molecule has 0 unspecified atom stereocenters. The number of benzene rings is 1. The monoisotopic (exact) mass is 249 g/mol. The third-order valence-corrected chi connectivity index (χ3v) is 2.19. The molecule has 5 nitrogen and oxygen atoms in total. The fourth-order valence-electron chi connectivity index (χ4n) is 1.34. The van der Waals surface area contributed by atoms with Gasteiger partial charge in [-0.3, -0.25) is 9.59 Å². The normalized spacial score (nSPS) is 9.61.